The normalized spacial score (nSPS) is 15.7. The molecule has 1 heterocycles. The van der Waals surface area contributed by atoms with Crippen molar-refractivity contribution in [3.05, 3.63) is 26.2 Å². The molecule has 0 unspecified atom stereocenters. The molecule has 2 rings (SSSR count). The smallest absolute Gasteiger partial charge is 0.218 e. The second kappa shape index (κ2) is 6.27. The van der Waals surface area contributed by atoms with E-state index in [-0.39, 0.29) is 20.7 Å². The van der Waals surface area contributed by atoms with Crippen molar-refractivity contribution in [3.8, 4) is 0 Å². The van der Waals surface area contributed by atoms with E-state index in [1.54, 1.807) is 0 Å². The molecule has 1 aliphatic rings. The Bertz CT molecular complexity index is 730. The van der Waals surface area contributed by atoms with Gasteiger partial charge in [0, 0.05) is 11.9 Å². The maximum Gasteiger partial charge on any atom is 0.218 e. The van der Waals surface area contributed by atoms with Crippen molar-refractivity contribution in [2.75, 3.05) is 5.43 Å². The summed E-state index contributed by atoms with van der Waals surface area (Å²) >= 11 is 18.5. The topological polar surface area (TPSA) is 71.4 Å². The largest absolute Gasteiger partial charge is 0.287 e. The zero-order chi connectivity index (χ0) is 15.7. The SMILES string of the molecule is CC(C)=NNc1ncc(C2=C(Cl)C(=O)C(Cl)=C(Cl)C2=O)s1. The number of carbonyl (C=O) groups excluding carboxylic acids is 2. The molecule has 0 aliphatic heterocycles. The van der Waals surface area contributed by atoms with Crippen LogP contribution in [0.3, 0.4) is 0 Å². The van der Waals surface area contributed by atoms with E-state index in [2.05, 4.69) is 15.5 Å². The summed E-state index contributed by atoms with van der Waals surface area (Å²) in [4.78, 5) is 28.4. The lowest BCUT2D eigenvalue weighted by Crippen LogP contribution is -2.16. The van der Waals surface area contributed by atoms with Gasteiger partial charge >= 0.3 is 0 Å². The summed E-state index contributed by atoms with van der Waals surface area (Å²) in [5, 5.41) is 3.47. The van der Waals surface area contributed by atoms with E-state index in [1.807, 2.05) is 13.8 Å². The molecule has 0 saturated carbocycles. The van der Waals surface area contributed by atoms with E-state index >= 15 is 0 Å². The van der Waals surface area contributed by atoms with Crippen LogP contribution in [0.4, 0.5) is 5.13 Å². The Morgan fingerprint density at radius 1 is 1.14 bits per heavy atom. The van der Waals surface area contributed by atoms with Gasteiger partial charge in [0.25, 0.3) is 0 Å². The molecule has 21 heavy (non-hydrogen) atoms. The molecule has 1 aliphatic carbocycles. The predicted molar refractivity (Wildman–Crippen MR) is 86.0 cm³/mol. The van der Waals surface area contributed by atoms with Gasteiger partial charge in [-0.15, -0.1) is 0 Å². The highest BCUT2D eigenvalue weighted by Crippen LogP contribution is 2.38. The van der Waals surface area contributed by atoms with Crippen molar-refractivity contribution in [1.29, 1.82) is 0 Å². The van der Waals surface area contributed by atoms with Crippen molar-refractivity contribution >= 4 is 74.1 Å². The predicted octanol–water partition coefficient (Wildman–Crippen LogP) is 3.74. The van der Waals surface area contributed by atoms with Gasteiger partial charge in [-0.25, -0.2) is 4.98 Å². The minimum Gasteiger partial charge on any atom is -0.287 e. The van der Waals surface area contributed by atoms with E-state index in [0.29, 0.717) is 10.0 Å². The van der Waals surface area contributed by atoms with Gasteiger partial charge < -0.3 is 0 Å². The van der Waals surface area contributed by atoms with E-state index < -0.39 is 11.6 Å². The van der Waals surface area contributed by atoms with Crippen LogP contribution in [0.5, 0.6) is 0 Å². The van der Waals surface area contributed by atoms with Crippen molar-refractivity contribution < 1.29 is 9.59 Å². The van der Waals surface area contributed by atoms with Crippen LogP contribution in [-0.2, 0) is 9.59 Å². The van der Waals surface area contributed by atoms with Crippen LogP contribution < -0.4 is 5.43 Å². The first-order valence-electron chi connectivity index (χ1n) is 5.60. The van der Waals surface area contributed by atoms with Gasteiger partial charge in [0.1, 0.15) is 15.1 Å². The van der Waals surface area contributed by atoms with Crippen molar-refractivity contribution in [2.24, 2.45) is 5.10 Å². The maximum absolute atomic E-state index is 12.1. The summed E-state index contributed by atoms with van der Waals surface area (Å²) in [6.07, 6.45) is 1.42. The molecule has 1 aromatic rings. The number of Topliss-reactive ketones (excluding diaryl/α,β-unsaturated/α-hetero) is 2. The lowest BCUT2D eigenvalue weighted by molar-refractivity contribution is -0.114. The summed E-state index contributed by atoms with van der Waals surface area (Å²) in [6, 6.07) is 0. The molecule has 0 fully saturated rings. The molecule has 0 bridgehead atoms. The summed E-state index contributed by atoms with van der Waals surface area (Å²) < 4.78 is 0. The highest BCUT2D eigenvalue weighted by atomic mass is 35.5. The third-order valence-corrected chi connectivity index (χ3v) is 4.46. The fraction of sp³-hybridized carbons (Fsp3) is 0.167. The van der Waals surface area contributed by atoms with E-state index in [0.717, 1.165) is 17.0 Å². The number of nitrogens with zero attached hydrogens (tertiary/aromatic N) is 2. The van der Waals surface area contributed by atoms with Crippen LogP contribution in [0.25, 0.3) is 5.57 Å². The van der Waals surface area contributed by atoms with Gasteiger partial charge in [0.2, 0.25) is 16.7 Å². The average molecular weight is 365 g/mol. The van der Waals surface area contributed by atoms with Crippen LogP contribution in [0.15, 0.2) is 26.4 Å². The van der Waals surface area contributed by atoms with Gasteiger partial charge in [0.05, 0.1) is 10.5 Å². The summed E-state index contributed by atoms with van der Waals surface area (Å²) in [5.74, 6) is -1.28. The molecule has 1 aromatic heterocycles. The first-order valence-corrected chi connectivity index (χ1v) is 7.55. The van der Waals surface area contributed by atoms with E-state index in [4.69, 9.17) is 34.8 Å². The highest BCUT2D eigenvalue weighted by Gasteiger charge is 2.34. The second-order valence-corrected chi connectivity index (χ2v) is 6.34. The second-order valence-electron chi connectivity index (χ2n) is 4.18. The Morgan fingerprint density at radius 3 is 2.38 bits per heavy atom. The number of ketones is 2. The molecule has 9 heteroatoms. The standard InChI is InChI=1S/C12H8Cl3N3O2S/c1-4(2)17-18-12-16-3-5(21-12)6-7(13)11(20)9(15)8(14)10(6)19/h3H,1-2H3,(H,16,18). The number of thiazole rings is 1. The van der Waals surface area contributed by atoms with Crippen molar-refractivity contribution in [2.45, 2.75) is 13.8 Å². The van der Waals surface area contributed by atoms with Crippen LogP contribution in [0.2, 0.25) is 0 Å². The fourth-order valence-electron chi connectivity index (χ4n) is 1.44. The monoisotopic (exact) mass is 363 g/mol. The first-order chi connectivity index (χ1) is 9.82. The number of allylic oxidation sites excluding steroid dienone is 4. The van der Waals surface area contributed by atoms with Gasteiger partial charge in [-0.1, -0.05) is 46.1 Å². The first kappa shape index (κ1) is 16.2. The lowest BCUT2D eigenvalue weighted by atomic mass is 10.0. The molecule has 0 radical (unpaired) electrons. The molecular weight excluding hydrogens is 357 g/mol. The third-order valence-electron chi connectivity index (χ3n) is 2.36. The van der Waals surface area contributed by atoms with Gasteiger partial charge in [-0.05, 0) is 13.8 Å². The molecule has 0 atom stereocenters. The number of halogens is 3. The number of aromatic nitrogens is 1. The van der Waals surface area contributed by atoms with Gasteiger partial charge in [0.15, 0.2) is 0 Å². The van der Waals surface area contributed by atoms with Crippen LogP contribution >= 0.6 is 46.1 Å². The quantitative estimate of drug-likeness (QED) is 0.504. The minimum atomic E-state index is -0.678. The number of anilines is 1. The Balaban J connectivity index is 2.40. The van der Waals surface area contributed by atoms with Gasteiger partial charge in [-0.2, -0.15) is 5.10 Å². The zero-order valence-corrected chi connectivity index (χ0v) is 13.9. The van der Waals surface area contributed by atoms with Gasteiger partial charge in [-0.3, -0.25) is 15.0 Å². The number of hydrogen-bond acceptors (Lipinski definition) is 6. The van der Waals surface area contributed by atoms with E-state index in [9.17, 15) is 9.59 Å². The third kappa shape index (κ3) is 3.18. The molecular formula is C12H8Cl3N3O2S. The molecule has 5 nitrogen and oxygen atoms in total. The molecule has 0 saturated heterocycles. The average Bonchev–Trinajstić information content (AvgIpc) is 2.89. The van der Waals surface area contributed by atoms with Crippen molar-refractivity contribution in [3.63, 3.8) is 0 Å². The molecule has 0 aromatic carbocycles. The summed E-state index contributed by atoms with van der Waals surface area (Å²) in [7, 11) is 0. The molecule has 0 spiro atoms. The number of rotatable bonds is 3. The number of nitrogens with one attached hydrogen (secondary N) is 1. The Morgan fingerprint density at radius 2 is 1.76 bits per heavy atom. The molecule has 110 valence electrons. The molecule has 0 amide bonds. The van der Waals surface area contributed by atoms with Crippen LogP contribution in [0.1, 0.15) is 18.7 Å². The van der Waals surface area contributed by atoms with E-state index in [1.165, 1.54) is 6.20 Å². The molecule has 1 N–H and O–H groups in total. The number of carbonyl (C=O) groups is 2. The zero-order valence-electron chi connectivity index (χ0n) is 10.8. The summed E-state index contributed by atoms with van der Waals surface area (Å²) in [6.45, 7) is 3.63. The highest BCUT2D eigenvalue weighted by molar-refractivity contribution is 7.17. The lowest BCUT2D eigenvalue weighted by Gasteiger charge is -2.12. The Kier molecular flexibility index (Phi) is 4.83. The fourth-order valence-corrected chi connectivity index (χ4v) is 2.99. The van der Waals surface area contributed by atoms with Crippen molar-refractivity contribution in [1.82, 2.24) is 4.98 Å². The minimum absolute atomic E-state index is 0.00110. The number of hydrogen-bond donors (Lipinski definition) is 1. The summed E-state index contributed by atoms with van der Waals surface area (Å²) in [5.41, 5.74) is 3.54. The van der Waals surface area contributed by atoms with Crippen LogP contribution in [0, 0.1) is 0 Å². The Hall–Kier alpha value is -1.21. The maximum atomic E-state index is 12.1. The number of hydrazone groups is 1. The van der Waals surface area contributed by atoms with Crippen LogP contribution in [-0.4, -0.2) is 22.3 Å². The Labute approximate surface area is 139 Å².